The molecule has 2 aliphatic rings. The van der Waals surface area contributed by atoms with Gasteiger partial charge in [-0.2, -0.15) is 13.2 Å². The fourth-order valence-electron chi connectivity index (χ4n) is 3.44. The van der Waals surface area contributed by atoms with Gasteiger partial charge in [-0.1, -0.05) is 12.1 Å². The van der Waals surface area contributed by atoms with E-state index in [1.807, 2.05) is 6.92 Å². The third kappa shape index (κ3) is 3.42. The largest absolute Gasteiger partial charge is 0.416 e. The summed E-state index contributed by atoms with van der Waals surface area (Å²) in [6.07, 6.45) is -3.82. The van der Waals surface area contributed by atoms with Crippen LogP contribution >= 0.6 is 0 Å². The maximum absolute atomic E-state index is 12.7. The fraction of sp³-hybridized carbons (Fsp3) is 0.588. The van der Waals surface area contributed by atoms with Crippen LogP contribution in [0, 0.1) is 0 Å². The zero-order valence-electron chi connectivity index (χ0n) is 13.3. The summed E-state index contributed by atoms with van der Waals surface area (Å²) in [5, 5.41) is 9.94. The Kier molecular flexibility index (Phi) is 4.57. The molecule has 2 fully saturated rings. The Hall–Kier alpha value is -1.60. The fourth-order valence-corrected chi connectivity index (χ4v) is 3.44. The number of alkyl halides is 3. The highest BCUT2D eigenvalue weighted by Gasteiger charge is 2.40. The second-order valence-electron chi connectivity index (χ2n) is 6.53. The van der Waals surface area contributed by atoms with Gasteiger partial charge in [0.2, 0.25) is 0 Å². The lowest BCUT2D eigenvalue weighted by atomic mass is 10.0. The summed E-state index contributed by atoms with van der Waals surface area (Å²) in [6, 6.07) is 4.36. The molecule has 0 saturated carbocycles. The van der Waals surface area contributed by atoms with Crippen molar-refractivity contribution in [2.75, 3.05) is 6.54 Å². The Labute approximate surface area is 138 Å². The van der Waals surface area contributed by atoms with E-state index in [-0.39, 0.29) is 18.6 Å². The highest BCUT2D eigenvalue weighted by atomic mass is 19.4. The Morgan fingerprint density at radius 2 is 1.92 bits per heavy atom. The zero-order valence-corrected chi connectivity index (χ0v) is 13.3. The first kappa shape index (κ1) is 17.2. The quantitative estimate of drug-likeness (QED) is 0.898. The lowest BCUT2D eigenvalue weighted by Gasteiger charge is -2.27. The van der Waals surface area contributed by atoms with Crippen molar-refractivity contribution in [3.8, 4) is 0 Å². The molecule has 1 amide bonds. The van der Waals surface area contributed by atoms with Crippen LogP contribution in [0.2, 0.25) is 0 Å². The zero-order chi connectivity index (χ0) is 17.5. The summed E-state index contributed by atoms with van der Waals surface area (Å²) in [5.74, 6) is -0.194. The summed E-state index contributed by atoms with van der Waals surface area (Å²) < 4.78 is 43.6. The first-order valence-electron chi connectivity index (χ1n) is 8.07. The van der Waals surface area contributed by atoms with Gasteiger partial charge in [0.15, 0.2) is 0 Å². The van der Waals surface area contributed by atoms with Crippen molar-refractivity contribution in [2.24, 2.45) is 0 Å². The number of carbonyl (C=O) groups is 1. The summed E-state index contributed by atoms with van der Waals surface area (Å²) in [6.45, 7) is 2.08. The Morgan fingerprint density at radius 3 is 2.46 bits per heavy atom. The predicted octanol–water partition coefficient (Wildman–Crippen LogP) is 2.91. The number of halogens is 3. The van der Waals surface area contributed by atoms with Crippen molar-refractivity contribution in [1.29, 1.82) is 0 Å². The van der Waals surface area contributed by atoms with Gasteiger partial charge in [-0.3, -0.25) is 4.79 Å². The number of hydrogen-bond donors (Lipinski definition) is 1. The van der Waals surface area contributed by atoms with Gasteiger partial charge in [0.1, 0.15) is 6.10 Å². The number of benzene rings is 1. The van der Waals surface area contributed by atoms with E-state index in [4.69, 9.17) is 4.74 Å². The van der Waals surface area contributed by atoms with Crippen LogP contribution in [0.3, 0.4) is 0 Å². The van der Waals surface area contributed by atoms with Crippen LogP contribution in [0.4, 0.5) is 13.2 Å². The van der Waals surface area contributed by atoms with E-state index in [1.54, 1.807) is 0 Å². The van der Waals surface area contributed by atoms with Crippen molar-refractivity contribution < 1.29 is 27.8 Å². The predicted molar refractivity (Wildman–Crippen MR) is 80.1 cm³/mol. The Morgan fingerprint density at radius 1 is 1.25 bits per heavy atom. The maximum Gasteiger partial charge on any atom is 0.416 e. The van der Waals surface area contributed by atoms with E-state index in [9.17, 15) is 23.1 Å². The molecule has 0 spiro atoms. The molecule has 1 aromatic rings. The van der Waals surface area contributed by atoms with Gasteiger partial charge >= 0.3 is 6.18 Å². The second-order valence-corrected chi connectivity index (χ2v) is 6.53. The van der Waals surface area contributed by atoms with Crippen LogP contribution in [0.1, 0.15) is 43.4 Å². The van der Waals surface area contributed by atoms with E-state index in [0.29, 0.717) is 18.4 Å². The van der Waals surface area contributed by atoms with Gasteiger partial charge in [0.05, 0.1) is 23.8 Å². The number of ether oxygens (including phenoxy) is 1. The molecule has 0 aromatic heterocycles. The molecule has 24 heavy (non-hydrogen) atoms. The summed E-state index contributed by atoms with van der Waals surface area (Å²) >= 11 is 0. The van der Waals surface area contributed by atoms with Crippen LogP contribution in [-0.4, -0.2) is 40.8 Å². The molecule has 1 aromatic carbocycles. The lowest BCUT2D eigenvalue weighted by molar-refractivity contribution is -0.144. The summed E-state index contributed by atoms with van der Waals surface area (Å²) in [7, 11) is 0. The molecule has 7 heteroatoms. The number of likely N-dealkylation sites (tertiary alicyclic amines) is 1. The maximum atomic E-state index is 12.7. The van der Waals surface area contributed by atoms with Crippen molar-refractivity contribution in [1.82, 2.24) is 4.90 Å². The molecule has 0 bridgehead atoms. The molecule has 2 saturated heterocycles. The van der Waals surface area contributed by atoms with Gasteiger partial charge in [-0.25, -0.2) is 0 Å². The Bertz CT molecular complexity index is 602. The minimum Gasteiger partial charge on any atom is -0.391 e. The standard InChI is InChI=1S/C17H20F3NO3/c1-10-2-7-15(24-10)16(23)21-9-13(22)8-14(21)11-3-5-12(6-4-11)17(18,19)20/h3-6,10,13-15,22H,2,7-9H2,1H3. The number of hydrogen-bond acceptors (Lipinski definition) is 3. The second kappa shape index (κ2) is 6.37. The average molecular weight is 343 g/mol. The Balaban J connectivity index is 1.79. The first-order chi connectivity index (χ1) is 11.3. The highest BCUT2D eigenvalue weighted by molar-refractivity contribution is 5.82. The molecular weight excluding hydrogens is 323 g/mol. The van der Waals surface area contributed by atoms with Gasteiger partial charge in [0, 0.05) is 6.54 Å². The van der Waals surface area contributed by atoms with Gasteiger partial charge in [-0.05, 0) is 43.9 Å². The number of aliphatic hydroxyl groups excluding tert-OH is 1. The molecule has 1 N–H and O–H groups in total. The number of β-amino-alcohol motifs (C(OH)–C–C–N with tert-alkyl or cyclic N) is 1. The van der Waals surface area contributed by atoms with Gasteiger partial charge < -0.3 is 14.7 Å². The van der Waals surface area contributed by atoms with E-state index >= 15 is 0 Å². The molecule has 132 valence electrons. The van der Waals surface area contributed by atoms with Crippen LogP contribution in [0.25, 0.3) is 0 Å². The molecule has 4 nitrogen and oxygen atoms in total. The normalized spacial score (nSPS) is 30.8. The molecule has 0 aliphatic carbocycles. The highest BCUT2D eigenvalue weighted by Crippen LogP contribution is 2.36. The third-order valence-electron chi connectivity index (χ3n) is 4.69. The molecule has 2 aliphatic heterocycles. The molecule has 3 rings (SSSR count). The topological polar surface area (TPSA) is 49.8 Å². The van der Waals surface area contributed by atoms with Crippen LogP contribution in [-0.2, 0) is 15.7 Å². The number of rotatable bonds is 2. The number of aliphatic hydroxyl groups is 1. The summed E-state index contributed by atoms with van der Waals surface area (Å²) in [5.41, 5.74) is -0.130. The SMILES string of the molecule is CC1CCC(C(=O)N2CC(O)CC2c2ccc(C(F)(F)F)cc2)O1. The van der Waals surface area contributed by atoms with Crippen molar-refractivity contribution in [3.05, 3.63) is 35.4 Å². The molecule has 0 radical (unpaired) electrons. The molecule has 4 unspecified atom stereocenters. The monoisotopic (exact) mass is 343 g/mol. The van der Waals surface area contributed by atoms with Crippen molar-refractivity contribution >= 4 is 5.91 Å². The van der Waals surface area contributed by atoms with E-state index < -0.39 is 30.0 Å². The van der Waals surface area contributed by atoms with Crippen molar-refractivity contribution in [3.63, 3.8) is 0 Å². The minimum absolute atomic E-state index is 0.0241. The first-order valence-corrected chi connectivity index (χ1v) is 8.07. The van der Waals surface area contributed by atoms with Gasteiger partial charge in [0.25, 0.3) is 5.91 Å². The molecular formula is C17H20F3NO3. The molecule has 2 heterocycles. The smallest absolute Gasteiger partial charge is 0.391 e. The van der Waals surface area contributed by atoms with Crippen LogP contribution < -0.4 is 0 Å². The van der Waals surface area contributed by atoms with E-state index in [0.717, 1.165) is 18.6 Å². The molecule has 4 atom stereocenters. The summed E-state index contributed by atoms with van der Waals surface area (Å²) in [4.78, 5) is 14.2. The van der Waals surface area contributed by atoms with Crippen molar-refractivity contribution in [2.45, 2.75) is 56.7 Å². The van der Waals surface area contributed by atoms with E-state index in [1.165, 1.54) is 17.0 Å². The third-order valence-corrected chi connectivity index (χ3v) is 4.69. The number of amides is 1. The van der Waals surface area contributed by atoms with Crippen LogP contribution in [0.15, 0.2) is 24.3 Å². The number of carbonyl (C=O) groups excluding carboxylic acids is 1. The van der Waals surface area contributed by atoms with Gasteiger partial charge in [-0.15, -0.1) is 0 Å². The van der Waals surface area contributed by atoms with Crippen LogP contribution in [0.5, 0.6) is 0 Å². The van der Waals surface area contributed by atoms with E-state index in [2.05, 4.69) is 0 Å². The lowest BCUT2D eigenvalue weighted by Crippen LogP contribution is -2.39. The average Bonchev–Trinajstić information content (AvgIpc) is 3.12. The number of nitrogens with zero attached hydrogens (tertiary/aromatic N) is 1. The minimum atomic E-state index is -4.39.